The van der Waals surface area contributed by atoms with E-state index in [9.17, 15) is 4.79 Å². The van der Waals surface area contributed by atoms with Gasteiger partial charge in [0.05, 0.1) is 18.3 Å². The van der Waals surface area contributed by atoms with Crippen molar-refractivity contribution in [2.24, 2.45) is 0 Å². The van der Waals surface area contributed by atoms with Gasteiger partial charge >= 0.3 is 0 Å². The van der Waals surface area contributed by atoms with Crippen molar-refractivity contribution in [2.45, 2.75) is 20.4 Å². The van der Waals surface area contributed by atoms with Crippen LogP contribution in [0.25, 0.3) is 21.3 Å². The summed E-state index contributed by atoms with van der Waals surface area (Å²) in [4.78, 5) is 18.4. The van der Waals surface area contributed by atoms with Crippen LogP contribution in [-0.4, -0.2) is 9.55 Å². The van der Waals surface area contributed by atoms with Gasteiger partial charge in [-0.1, -0.05) is 59.7 Å². The van der Waals surface area contributed by atoms with E-state index in [-0.39, 0.29) is 5.56 Å². The maximum Gasteiger partial charge on any atom is 0.263 e. The van der Waals surface area contributed by atoms with Crippen molar-refractivity contribution in [3.63, 3.8) is 0 Å². The zero-order valence-corrected chi connectivity index (χ0v) is 15.0. The van der Waals surface area contributed by atoms with E-state index in [0.29, 0.717) is 11.9 Å². The molecule has 2 aromatic heterocycles. The molecule has 0 saturated carbocycles. The van der Waals surface area contributed by atoms with E-state index in [1.54, 1.807) is 10.9 Å². The quantitative estimate of drug-likeness (QED) is 0.534. The molecule has 0 fully saturated rings. The minimum absolute atomic E-state index is 0.0170. The average molecular weight is 346 g/mol. The Morgan fingerprint density at radius 3 is 2.60 bits per heavy atom. The Morgan fingerprint density at radius 1 is 1.04 bits per heavy atom. The fraction of sp³-hybridized carbons (Fsp3) is 0.143. The van der Waals surface area contributed by atoms with Crippen LogP contribution >= 0.6 is 11.3 Å². The molecule has 0 unspecified atom stereocenters. The van der Waals surface area contributed by atoms with E-state index < -0.39 is 0 Å². The number of benzene rings is 2. The van der Waals surface area contributed by atoms with E-state index in [1.165, 1.54) is 22.5 Å². The predicted octanol–water partition coefficient (Wildman–Crippen LogP) is 4.79. The molecule has 0 amide bonds. The van der Waals surface area contributed by atoms with Crippen molar-refractivity contribution in [1.29, 1.82) is 0 Å². The highest BCUT2D eigenvalue weighted by Crippen LogP contribution is 2.30. The van der Waals surface area contributed by atoms with Crippen LogP contribution < -0.4 is 5.56 Å². The Labute approximate surface area is 150 Å². The van der Waals surface area contributed by atoms with Crippen LogP contribution in [0.4, 0.5) is 0 Å². The first-order chi connectivity index (χ1) is 12.1. The van der Waals surface area contributed by atoms with Crippen molar-refractivity contribution in [2.75, 3.05) is 0 Å². The average Bonchev–Trinajstić information content (AvgIpc) is 3.03. The Bertz CT molecular complexity index is 1110. The lowest BCUT2D eigenvalue weighted by Gasteiger charge is -2.07. The van der Waals surface area contributed by atoms with Crippen LogP contribution in [0.1, 0.15) is 16.7 Å². The highest BCUT2D eigenvalue weighted by molar-refractivity contribution is 7.17. The van der Waals surface area contributed by atoms with Gasteiger partial charge in [-0.15, -0.1) is 11.3 Å². The molecule has 0 radical (unpaired) electrons. The minimum Gasteiger partial charge on any atom is -0.294 e. The Hall–Kier alpha value is -2.72. The summed E-state index contributed by atoms with van der Waals surface area (Å²) >= 11 is 1.52. The SMILES string of the molecule is Cc1ccc(-c2csc3ncn(Cc4cccc(C)c4)c(=O)c23)cc1. The highest BCUT2D eigenvalue weighted by Gasteiger charge is 2.13. The third-order valence-corrected chi connectivity index (χ3v) is 5.25. The second-order valence-corrected chi connectivity index (χ2v) is 7.22. The molecule has 0 N–H and O–H groups in total. The molecule has 25 heavy (non-hydrogen) atoms. The third kappa shape index (κ3) is 3.01. The summed E-state index contributed by atoms with van der Waals surface area (Å²) in [6, 6.07) is 16.5. The van der Waals surface area contributed by atoms with Gasteiger partial charge in [0.1, 0.15) is 4.83 Å². The summed E-state index contributed by atoms with van der Waals surface area (Å²) in [5.74, 6) is 0. The molecule has 4 aromatic rings. The molecule has 4 rings (SSSR count). The molecule has 2 heterocycles. The summed E-state index contributed by atoms with van der Waals surface area (Å²) in [7, 11) is 0. The lowest BCUT2D eigenvalue weighted by Crippen LogP contribution is -2.21. The molecule has 0 bridgehead atoms. The number of aromatic nitrogens is 2. The van der Waals surface area contributed by atoms with Crippen molar-refractivity contribution >= 4 is 21.6 Å². The monoisotopic (exact) mass is 346 g/mol. The second-order valence-electron chi connectivity index (χ2n) is 6.36. The smallest absolute Gasteiger partial charge is 0.263 e. The van der Waals surface area contributed by atoms with Crippen LogP contribution in [0.3, 0.4) is 0 Å². The Morgan fingerprint density at radius 2 is 1.84 bits per heavy atom. The van der Waals surface area contributed by atoms with Gasteiger partial charge < -0.3 is 0 Å². The highest BCUT2D eigenvalue weighted by atomic mass is 32.1. The van der Waals surface area contributed by atoms with E-state index in [2.05, 4.69) is 55.2 Å². The summed E-state index contributed by atoms with van der Waals surface area (Å²) in [6.45, 7) is 4.65. The van der Waals surface area contributed by atoms with Crippen LogP contribution in [0.2, 0.25) is 0 Å². The standard InChI is InChI=1S/C21H18N2OS/c1-14-6-8-17(9-7-14)18-12-25-20-19(18)21(24)23(13-22-20)11-16-5-3-4-15(2)10-16/h3-10,12-13H,11H2,1-2H3. The molecule has 3 nitrogen and oxygen atoms in total. The molecular formula is C21H18N2OS. The summed E-state index contributed by atoms with van der Waals surface area (Å²) in [5.41, 5.74) is 5.55. The number of hydrogen-bond donors (Lipinski definition) is 0. The predicted molar refractivity (Wildman–Crippen MR) is 104 cm³/mol. The Kier molecular flexibility index (Phi) is 3.98. The van der Waals surface area contributed by atoms with Gasteiger partial charge in [0.15, 0.2) is 0 Å². The van der Waals surface area contributed by atoms with Gasteiger partial charge in [0, 0.05) is 10.9 Å². The Balaban J connectivity index is 1.83. The normalized spacial score (nSPS) is 11.1. The molecule has 0 spiro atoms. The fourth-order valence-electron chi connectivity index (χ4n) is 3.03. The van der Waals surface area contributed by atoms with E-state index in [4.69, 9.17) is 0 Å². The molecule has 0 aliphatic rings. The molecule has 0 aliphatic heterocycles. The number of nitrogens with zero attached hydrogens (tertiary/aromatic N) is 2. The zero-order chi connectivity index (χ0) is 17.4. The maximum atomic E-state index is 13.1. The summed E-state index contributed by atoms with van der Waals surface area (Å²) in [6.07, 6.45) is 1.66. The third-order valence-electron chi connectivity index (χ3n) is 4.36. The number of aryl methyl sites for hydroxylation is 2. The van der Waals surface area contributed by atoms with Crippen LogP contribution in [0, 0.1) is 13.8 Å². The number of fused-ring (bicyclic) bond motifs is 1. The van der Waals surface area contributed by atoms with Gasteiger partial charge in [0.25, 0.3) is 5.56 Å². The molecule has 0 aliphatic carbocycles. The van der Waals surface area contributed by atoms with Crippen molar-refractivity contribution in [1.82, 2.24) is 9.55 Å². The lowest BCUT2D eigenvalue weighted by molar-refractivity contribution is 0.749. The number of hydrogen-bond acceptors (Lipinski definition) is 3. The molecular weight excluding hydrogens is 328 g/mol. The van der Waals surface area contributed by atoms with Crippen molar-refractivity contribution in [3.8, 4) is 11.1 Å². The molecule has 124 valence electrons. The van der Waals surface area contributed by atoms with Gasteiger partial charge in [-0.2, -0.15) is 0 Å². The first-order valence-corrected chi connectivity index (χ1v) is 9.09. The lowest BCUT2D eigenvalue weighted by atomic mass is 10.1. The summed E-state index contributed by atoms with van der Waals surface area (Å²) in [5, 5.41) is 2.74. The van der Waals surface area contributed by atoms with E-state index in [0.717, 1.165) is 21.5 Å². The van der Waals surface area contributed by atoms with Gasteiger partial charge in [0.2, 0.25) is 0 Å². The first-order valence-electron chi connectivity index (χ1n) is 8.21. The topological polar surface area (TPSA) is 34.9 Å². The molecule has 2 aromatic carbocycles. The second kappa shape index (κ2) is 6.30. The van der Waals surface area contributed by atoms with Gasteiger partial charge in [-0.3, -0.25) is 9.36 Å². The molecule has 4 heteroatoms. The molecule has 0 saturated heterocycles. The molecule has 0 atom stereocenters. The van der Waals surface area contributed by atoms with Crippen LogP contribution in [-0.2, 0) is 6.54 Å². The van der Waals surface area contributed by atoms with Crippen LogP contribution in [0.15, 0.2) is 65.0 Å². The first kappa shape index (κ1) is 15.8. The zero-order valence-electron chi connectivity index (χ0n) is 14.2. The number of rotatable bonds is 3. The van der Waals surface area contributed by atoms with Crippen molar-refractivity contribution < 1.29 is 0 Å². The van der Waals surface area contributed by atoms with Crippen LogP contribution in [0.5, 0.6) is 0 Å². The minimum atomic E-state index is 0.0170. The summed E-state index contributed by atoms with van der Waals surface area (Å²) < 4.78 is 1.70. The van der Waals surface area contributed by atoms with Crippen molar-refractivity contribution in [3.05, 3.63) is 87.3 Å². The van der Waals surface area contributed by atoms with E-state index >= 15 is 0 Å². The largest absolute Gasteiger partial charge is 0.294 e. The fourth-order valence-corrected chi connectivity index (χ4v) is 3.94. The van der Waals surface area contributed by atoms with E-state index in [1.807, 2.05) is 17.5 Å². The van der Waals surface area contributed by atoms with Gasteiger partial charge in [-0.05, 0) is 25.0 Å². The maximum absolute atomic E-state index is 13.1. The number of thiophene rings is 1. The van der Waals surface area contributed by atoms with Gasteiger partial charge in [-0.25, -0.2) is 4.98 Å².